The van der Waals surface area contributed by atoms with E-state index in [0.29, 0.717) is 6.54 Å². The number of methoxy groups -OCH3 is 1. The lowest BCUT2D eigenvalue weighted by Gasteiger charge is -2.27. The number of benzene rings is 1. The lowest BCUT2D eigenvalue weighted by molar-refractivity contribution is 0.253. The average Bonchev–Trinajstić information content (AvgIpc) is 2.99. The Hall–Kier alpha value is -1.36. The second-order valence-corrected chi connectivity index (χ2v) is 5.87. The summed E-state index contributed by atoms with van der Waals surface area (Å²) in [5.74, 6) is 0.882. The highest BCUT2D eigenvalue weighted by molar-refractivity contribution is 7.09. The zero-order valence-electron chi connectivity index (χ0n) is 12.1. The van der Waals surface area contributed by atoms with Crippen molar-refractivity contribution >= 4 is 11.3 Å². The Morgan fingerprint density at radius 2 is 2.15 bits per heavy atom. The molecule has 1 aromatic heterocycles. The van der Waals surface area contributed by atoms with Crippen molar-refractivity contribution in [1.82, 2.24) is 4.90 Å². The maximum Gasteiger partial charge on any atom is 0.119 e. The summed E-state index contributed by atoms with van der Waals surface area (Å²) in [6, 6.07) is 12.7. The molecule has 0 aliphatic carbocycles. The lowest BCUT2D eigenvalue weighted by Crippen LogP contribution is -2.32. The summed E-state index contributed by atoms with van der Waals surface area (Å²) in [5.41, 5.74) is 7.18. The normalized spacial score (nSPS) is 12.6. The summed E-state index contributed by atoms with van der Waals surface area (Å²) in [4.78, 5) is 3.73. The number of nitrogens with zero attached hydrogens (tertiary/aromatic N) is 1. The molecule has 1 unspecified atom stereocenters. The van der Waals surface area contributed by atoms with Crippen molar-refractivity contribution in [3.05, 3.63) is 52.2 Å². The van der Waals surface area contributed by atoms with Gasteiger partial charge in [0.25, 0.3) is 0 Å². The van der Waals surface area contributed by atoms with Gasteiger partial charge in [-0.2, -0.15) is 0 Å². The van der Waals surface area contributed by atoms with E-state index in [9.17, 15) is 0 Å². The molecule has 1 atom stereocenters. The average molecular weight is 290 g/mol. The fourth-order valence-corrected chi connectivity index (χ4v) is 3.01. The fourth-order valence-electron chi connectivity index (χ4n) is 2.32. The minimum atomic E-state index is 0.227. The molecular formula is C16H22N2OS. The number of hydrogen-bond donors (Lipinski definition) is 1. The third kappa shape index (κ3) is 3.82. The maximum atomic E-state index is 5.97. The second-order valence-electron chi connectivity index (χ2n) is 4.84. The minimum Gasteiger partial charge on any atom is -0.497 e. The van der Waals surface area contributed by atoms with Crippen LogP contribution in [0.15, 0.2) is 41.8 Å². The van der Waals surface area contributed by atoms with Crippen LogP contribution in [0.4, 0.5) is 0 Å². The molecule has 0 saturated carbocycles. The van der Waals surface area contributed by atoms with Crippen LogP contribution in [0.1, 0.15) is 16.5 Å². The quantitative estimate of drug-likeness (QED) is 0.852. The Balaban J connectivity index is 2.02. The lowest BCUT2D eigenvalue weighted by atomic mass is 10.1. The molecule has 4 heteroatoms. The molecule has 0 amide bonds. The third-order valence-electron chi connectivity index (χ3n) is 3.52. The fraction of sp³-hybridized carbons (Fsp3) is 0.375. The molecular weight excluding hydrogens is 268 g/mol. The Bertz CT molecular complexity index is 513. The van der Waals surface area contributed by atoms with Crippen LogP contribution in [0.5, 0.6) is 5.75 Å². The number of likely N-dealkylation sites (N-methyl/N-ethyl adjacent to an activating group) is 1. The summed E-state index contributed by atoms with van der Waals surface area (Å²) >= 11 is 1.81. The van der Waals surface area contributed by atoms with E-state index in [0.717, 1.165) is 18.7 Å². The van der Waals surface area contributed by atoms with Gasteiger partial charge in [0.2, 0.25) is 0 Å². The van der Waals surface area contributed by atoms with Crippen LogP contribution in [-0.4, -0.2) is 32.1 Å². The smallest absolute Gasteiger partial charge is 0.119 e. The van der Waals surface area contributed by atoms with Crippen molar-refractivity contribution in [1.29, 1.82) is 0 Å². The molecule has 0 saturated heterocycles. The summed E-state index contributed by atoms with van der Waals surface area (Å²) in [5, 5.41) is 2.12. The van der Waals surface area contributed by atoms with E-state index in [-0.39, 0.29) is 6.04 Å². The van der Waals surface area contributed by atoms with Crippen LogP contribution >= 0.6 is 11.3 Å². The molecule has 0 spiro atoms. The van der Waals surface area contributed by atoms with E-state index in [4.69, 9.17) is 10.5 Å². The number of rotatable bonds is 7. The highest BCUT2D eigenvalue weighted by Crippen LogP contribution is 2.23. The Kier molecular flexibility index (Phi) is 5.59. The van der Waals surface area contributed by atoms with Crippen LogP contribution in [-0.2, 0) is 6.42 Å². The monoisotopic (exact) mass is 290 g/mol. The highest BCUT2D eigenvalue weighted by Gasteiger charge is 2.15. The molecule has 108 valence electrons. The van der Waals surface area contributed by atoms with Gasteiger partial charge in [-0.15, -0.1) is 11.3 Å². The summed E-state index contributed by atoms with van der Waals surface area (Å²) in [6.45, 7) is 1.60. The first-order chi connectivity index (χ1) is 9.74. The van der Waals surface area contributed by atoms with Crippen molar-refractivity contribution in [3.8, 4) is 5.75 Å². The van der Waals surface area contributed by atoms with Gasteiger partial charge in [0.15, 0.2) is 0 Å². The molecule has 3 nitrogen and oxygen atoms in total. The molecule has 2 N–H and O–H groups in total. The van der Waals surface area contributed by atoms with E-state index in [1.54, 1.807) is 7.11 Å². The SMILES string of the molecule is COc1cccc(C(CN)N(C)CCc2cccs2)c1. The number of thiophene rings is 1. The molecule has 0 radical (unpaired) electrons. The Labute approximate surface area is 125 Å². The van der Waals surface area contributed by atoms with E-state index in [1.165, 1.54) is 10.4 Å². The predicted molar refractivity (Wildman–Crippen MR) is 85.4 cm³/mol. The van der Waals surface area contributed by atoms with Gasteiger partial charge < -0.3 is 10.5 Å². The molecule has 1 aromatic carbocycles. The van der Waals surface area contributed by atoms with Gasteiger partial charge in [-0.3, -0.25) is 4.90 Å². The molecule has 2 aromatic rings. The zero-order valence-corrected chi connectivity index (χ0v) is 12.9. The minimum absolute atomic E-state index is 0.227. The van der Waals surface area contributed by atoms with Gasteiger partial charge >= 0.3 is 0 Å². The van der Waals surface area contributed by atoms with Crippen molar-refractivity contribution in [2.24, 2.45) is 5.73 Å². The highest BCUT2D eigenvalue weighted by atomic mass is 32.1. The van der Waals surface area contributed by atoms with Crippen LogP contribution < -0.4 is 10.5 Å². The van der Waals surface area contributed by atoms with E-state index >= 15 is 0 Å². The first-order valence-corrected chi connectivity index (χ1v) is 7.69. The molecule has 1 heterocycles. The Morgan fingerprint density at radius 1 is 1.30 bits per heavy atom. The Morgan fingerprint density at radius 3 is 2.80 bits per heavy atom. The van der Waals surface area contributed by atoms with Gasteiger partial charge in [-0.1, -0.05) is 18.2 Å². The van der Waals surface area contributed by atoms with Crippen molar-refractivity contribution in [2.75, 3.05) is 27.2 Å². The van der Waals surface area contributed by atoms with E-state index < -0.39 is 0 Å². The van der Waals surface area contributed by atoms with Gasteiger partial charge in [0.05, 0.1) is 7.11 Å². The van der Waals surface area contributed by atoms with Crippen molar-refractivity contribution in [3.63, 3.8) is 0 Å². The molecule has 0 aliphatic rings. The van der Waals surface area contributed by atoms with Gasteiger partial charge in [0.1, 0.15) is 5.75 Å². The van der Waals surface area contributed by atoms with Crippen LogP contribution in [0.3, 0.4) is 0 Å². The second kappa shape index (κ2) is 7.43. The topological polar surface area (TPSA) is 38.5 Å². The summed E-state index contributed by atoms with van der Waals surface area (Å²) < 4.78 is 5.29. The molecule has 0 bridgehead atoms. The molecule has 20 heavy (non-hydrogen) atoms. The van der Waals surface area contributed by atoms with Crippen LogP contribution in [0.25, 0.3) is 0 Å². The van der Waals surface area contributed by atoms with Crippen molar-refractivity contribution in [2.45, 2.75) is 12.5 Å². The van der Waals surface area contributed by atoms with Gasteiger partial charge in [-0.05, 0) is 42.6 Å². The summed E-state index contributed by atoms with van der Waals surface area (Å²) in [6.07, 6.45) is 1.06. The van der Waals surface area contributed by atoms with Crippen molar-refractivity contribution < 1.29 is 4.74 Å². The van der Waals surface area contributed by atoms with Gasteiger partial charge in [0, 0.05) is 24.0 Å². The first kappa shape index (κ1) is 15.0. The first-order valence-electron chi connectivity index (χ1n) is 6.81. The molecule has 0 aliphatic heterocycles. The van der Waals surface area contributed by atoms with Gasteiger partial charge in [-0.25, -0.2) is 0 Å². The summed E-state index contributed by atoms with van der Waals surface area (Å²) in [7, 11) is 3.82. The standard InChI is InChI=1S/C16H22N2OS/c1-18(9-8-15-7-4-10-20-15)16(12-17)13-5-3-6-14(11-13)19-2/h3-7,10-11,16H,8-9,12,17H2,1-2H3. The molecule has 0 fully saturated rings. The largest absolute Gasteiger partial charge is 0.497 e. The molecule has 2 rings (SSSR count). The van der Waals surface area contributed by atoms with Crippen LogP contribution in [0.2, 0.25) is 0 Å². The maximum absolute atomic E-state index is 5.97. The zero-order chi connectivity index (χ0) is 14.4. The van der Waals surface area contributed by atoms with E-state index in [2.05, 4.69) is 41.6 Å². The number of ether oxygens (including phenoxy) is 1. The van der Waals surface area contributed by atoms with Crippen LogP contribution in [0, 0.1) is 0 Å². The number of hydrogen-bond acceptors (Lipinski definition) is 4. The number of nitrogens with two attached hydrogens (primary N) is 1. The third-order valence-corrected chi connectivity index (χ3v) is 4.46. The predicted octanol–water partition coefficient (Wildman–Crippen LogP) is 2.93. The van der Waals surface area contributed by atoms with E-state index in [1.807, 2.05) is 23.5 Å².